The van der Waals surface area contributed by atoms with Gasteiger partial charge in [-0.15, -0.1) is 11.3 Å². The van der Waals surface area contributed by atoms with Gasteiger partial charge < -0.3 is 19.5 Å². The summed E-state index contributed by atoms with van der Waals surface area (Å²) in [4.78, 5) is 16.7. The van der Waals surface area contributed by atoms with E-state index in [0.29, 0.717) is 23.8 Å². The number of nitrogens with zero attached hydrogens (tertiary/aromatic N) is 1. The molecule has 1 amide bonds. The van der Waals surface area contributed by atoms with E-state index in [1.54, 1.807) is 18.2 Å². The van der Waals surface area contributed by atoms with Crippen LogP contribution < -0.4 is 19.5 Å². The van der Waals surface area contributed by atoms with Crippen molar-refractivity contribution in [3.8, 4) is 17.2 Å². The van der Waals surface area contributed by atoms with E-state index in [1.165, 1.54) is 11.3 Å². The van der Waals surface area contributed by atoms with E-state index < -0.39 is 0 Å². The van der Waals surface area contributed by atoms with E-state index in [9.17, 15) is 4.79 Å². The number of fused-ring (bicyclic) bond motifs is 1. The standard InChI is InChI=1S/C19H16N2O4S/c22-18(20-13-6-7-16-17(8-13)25-12-24-16)9-14-11-26-19(21-14)10-23-15-4-2-1-3-5-15/h1-8,11H,9-10,12H2,(H,20,22). The van der Waals surface area contributed by atoms with Crippen molar-refractivity contribution in [3.05, 3.63) is 64.6 Å². The number of nitrogens with one attached hydrogen (secondary N) is 1. The van der Waals surface area contributed by atoms with E-state index in [0.717, 1.165) is 16.5 Å². The second-order valence-corrected chi connectivity index (χ2v) is 6.57. The maximum Gasteiger partial charge on any atom is 0.231 e. The molecule has 0 fully saturated rings. The van der Waals surface area contributed by atoms with Crippen molar-refractivity contribution >= 4 is 22.9 Å². The zero-order valence-electron chi connectivity index (χ0n) is 13.8. The van der Waals surface area contributed by atoms with Crippen molar-refractivity contribution in [1.82, 2.24) is 4.98 Å². The highest BCUT2D eigenvalue weighted by Crippen LogP contribution is 2.34. The van der Waals surface area contributed by atoms with Crippen LogP contribution in [0.3, 0.4) is 0 Å². The second-order valence-electron chi connectivity index (χ2n) is 5.63. The number of aromatic nitrogens is 1. The van der Waals surface area contributed by atoms with Crippen molar-refractivity contribution in [2.45, 2.75) is 13.0 Å². The van der Waals surface area contributed by atoms with Crippen LogP contribution in [-0.4, -0.2) is 17.7 Å². The monoisotopic (exact) mass is 368 g/mol. The van der Waals surface area contributed by atoms with Crippen molar-refractivity contribution in [1.29, 1.82) is 0 Å². The van der Waals surface area contributed by atoms with Gasteiger partial charge in [0.1, 0.15) is 17.4 Å². The zero-order valence-corrected chi connectivity index (χ0v) is 14.6. The molecule has 0 radical (unpaired) electrons. The van der Waals surface area contributed by atoms with Gasteiger partial charge in [-0.05, 0) is 24.3 Å². The van der Waals surface area contributed by atoms with E-state index >= 15 is 0 Å². The lowest BCUT2D eigenvalue weighted by Gasteiger charge is -2.05. The number of ether oxygens (including phenoxy) is 3. The molecule has 6 nitrogen and oxygen atoms in total. The quantitative estimate of drug-likeness (QED) is 0.719. The summed E-state index contributed by atoms with van der Waals surface area (Å²) < 4.78 is 16.2. The lowest BCUT2D eigenvalue weighted by atomic mass is 10.2. The third-order valence-electron chi connectivity index (χ3n) is 3.70. The van der Waals surface area contributed by atoms with Crippen LogP contribution in [0.5, 0.6) is 17.2 Å². The Kier molecular flexibility index (Phi) is 4.70. The third-order valence-corrected chi connectivity index (χ3v) is 4.57. The number of carbonyl (C=O) groups is 1. The molecule has 0 bridgehead atoms. The SMILES string of the molecule is O=C(Cc1csc(COc2ccccc2)n1)Nc1ccc2c(c1)OCO2. The molecule has 2 aromatic carbocycles. The molecule has 1 aliphatic rings. The number of thiazole rings is 1. The zero-order chi connectivity index (χ0) is 17.8. The lowest BCUT2D eigenvalue weighted by Crippen LogP contribution is -2.14. The molecule has 132 valence electrons. The maximum absolute atomic E-state index is 12.2. The Morgan fingerprint density at radius 3 is 2.88 bits per heavy atom. The minimum absolute atomic E-state index is 0.135. The molecule has 1 N–H and O–H groups in total. The molecule has 0 saturated carbocycles. The average molecular weight is 368 g/mol. The molecule has 0 unspecified atom stereocenters. The van der Waals surface area contributed by atoms with E-state index in [4.69, 9.17) is 14.2 Å². The van der Waals surface area contributed by atoms with Crippen LogP contribution in [0.1, 0.15) is 10.7 Å². The Hall–Kier alpha value is -3.06. The fraction of sp³-hybridized carbons (Fsp3) is 0.158. The van der Waals surface area contributed by atoms with Gasteiger partial charge in [-0.25, -0.2) is 4.98 Å². The van der Waals surface area contributed by atoms with Gasteiger partial charge >= 0.3 is 0 Å². The smallest absolute Gasteiger partial charge is 0.231 e. The molecule has 0 aliphatic carbocycles. The Morgan fingerprint density at radius 1 is 1.15 bits per heavy atom. The minimum Gasteiger partial charge on any atom is -0.486 e. The van der Waals surface area contributed by atoms with Gasteiger partial charge in [-0.2, -0.15) is 0 Å². The van der Waals surface area contributed by atoms with Crippen LogP contribution in [0.4, 0.5) is 5.69 Å². The molecule has 7 heteroatoms. The summed E-state index contributed by atoms with van der Waals surface area (Å²) in [6.45, 7) is 0.595. The first-order valence-corrected chi connectivity index (χ1v) is 8.95. The third kappa shape index (κ3) is 3.94. The number of hydrogen-bond acceptors (Lipinski definition) is 6. The molecular weight excluding hydrogens is 352 g/mol. The second kappa shape index (κ2) is 7.45. The van der Waals surface area contributed by atoms with Crippen LogP contribution >= 0.6 is 11.3 Å². The van der Waals surface area contributed by atoms with E-state index in [-0.39, 0.29) is 19.1 Å². The topological polar surface area (TPSA) is 69.7 Å². The highest BCUT2D eigenvalue weighted by molar-refractivity contribution is 7.09. The molecule has 0 saturated heterocycles. The van der Waals surface area contributed by atoms with Crippen molar-refractivity contribution in [2.24, 2.45) is 0 Å². The van der Waals surface area contributed by atoms with E-state index in [2.05, 4.69) is 10.3 Å². The number of hydrogen-bond donors (Lipinski definition) is 1. The molecule has 3 aromatic rings. The van der Waals surface area contributed by atoms with Crippen molar-refractivity contribution in [2.75, 3.05) is 12.1 Å². The molecule has 1 aliphatic heterocycles. The molecule has 1 aromatic heterocycles. The molecule has 4 rings (SSSR count). The Labute approximate surface area is 154 Å². The number of anilines is 1. The van der Waals surface area contributed by atoms with Gasteiger partial charge in [-0.1, -0.05) is 18.2 Å². The van der Waals surface area contributed by atoms with Crippen LogP contribution in [0.2, 0.25) is 0 Å². The fourth-order valence-corrected chi connectivity index (χ4v) is 3.21. The van der Waals surface area contributed by atoms with Gasteiger partial charge in [-0.3, -0.25) is 4.79 Å². The number of para-hydroxylation sites is 1. The van der Waals surface area contributed by atoms with Gasteiger partial charge in [0.05, 0.1) is 12.1 Å². The van der Waals surface area contributed by atoms with Gasteiger partial charge in [0.2, 0.25) is 12.7 Å². The Bertz CT molecular complexity index is 911. The summed E-state index contributed by atoms with van der Waals surface area (Å²) in [6, 6.07) is 14.9. The average Bonchev–Trinajstić information content (AvgIpc) is 3.29. The number of benzene rings is 2. The summed E-state index contributed by atoms with van der Waals surface area (Å²) in [5, 5.41) is 5.56. The fourth-order valence-electron chi connectivity index (χ4n) is 2.50. The molecule has 2 heterocycles. The van der Waals surface area contributed by atoms with Gasteiger partial charge in [0.15, 0.2) is 11.5 Å². The summed E-state index contributed by atoms with van der Waals surface area (Å²) in [5.74, 6) is 1.98. The Balaban J connectivity index is 1.31. The highest BCUT2D eigenvalue weighted by atomic mass is 32.1. The molecular formula is C19H16N2O4S. The first kappa shape index (κ1) is 16.4. The number of carbonyl (C=O) groups excluding carboxylic acids is 1. The minimum atomic E-state index is -0.135. The van der Waals surface area contributed by atoms with E-state index in [1.807, 2.05) is 35.7 Å². The maximum atomic E-state index is 12.2. The Morgan fingerprint density at radius 2 is 2.00 bits per heavy atom. The summed E-state index contributed by atoms with van der Waals surface area (Å²) in [7, 11) is 0. The normalized spacial score (nSPS) is 12.0. The predicted molar refractivity (Wildman–Crippen MR) is 97.8 cm³/mol. The van der Waals surface area contributed by atoms with Crippen LogP contribution in [0.15, 0.2) is 53.9 Å². The highest BCUT2D eigenvalue weighted by Gasteiger charge is 2.15. The number of amides is 1. The van der Waals surface area contributed by atoms with Gasteiger partial charge in [0.25, 0.3) is 0 Å². The van der Waals surface area contributed by atoms with Crippen LogP contribution in [-0.2, 0) is 17.8 Å². The largest absolute Gasteiger partial charge is 0.486 e. The lowest BCUT2D eigenvalue weighted by molar-refractivity contribution is -0.115. The summed E-state index contributed by atoms with van der Waals surface area (Å²) in [5.41, 5.74) is 1.39. The van der Waals surface area contributed by atoms with Crippen molar-refractivity contribution in [3.63, 3.8) is 0 Å². The summed E-state index contributed by atoms with van der Waals surface area (Å²) in [6.07, 6.45) is 0.205. The molecule has 0 spiro atoms. The predicted octanol–water partition coefficient (Wildman–Crippen LogP) is 3.63. The van der Waals surface area contributed by atoms with Crippen molar-refractivity contribution < 1.29 is 19.0 Å². The first-order valence-electron chi connectivity index (χ1n) is 8.07. The number of rotatable bonds is 6. The van der Waals surface area contributed by atoms with Gasteiger partial charge in [0, 0.05) is 17.1 Å². The molecule has 26 heavy (non-hydrogen) atoms. The molecule has 0 atom stereocenters. The summed E-state index contributed by atoms with van der Waals surface area (Å²) >= 11 is 1.48. The van der Waals surface area contributed by atoms with Crippen LogP contribution in [0.25, 0.3) is 0 Å². The first-order chi connectivity index (χ1) is 12.8. The van der Waals surface area contributed by atoms with Crippen LogP contribution in [0, 0.1) is 0 Å².